The number of pyridine rings is 1. The topological polar surface area (TPSA) is 3.88 Å². The van der Waals surface area contributed by atoms with Gasteiger partial charge >= 0.3 is 0 Å². The summed E-state index contributed by atoms with van der Waals surface area (Å²) in [6.45, 7) is 9.38. The van der Waals surface area contributed by atoms with E-state index >= 15 is 0 Å². The highest BCUT2D eigenvalue weighted by molar-refractivity contribution is 7.03. The second-order valence-electron chi connectivity index (χ2n) is 7.94. The van der Waals surface area contributed by atoms with Crippen LogP contribution in [0.2, 0.25) is 5.04 Å². The Morgan fingerprint density at radius 3 is 1.56 bits per heavy atom. The monoisotopic (exact) mass is 346 g/mol. The van der Waals surface area contributed by atoms with E-state index < -0.39 is 8.07 Å². The van der Waals surface area contributed by atoms with E-state index in [1.807, 2.05) is 0 Å². The molecule has 2 heteroatoms. The minimum Gasteiger partial charge on any atom is -0.208 e. The Labute approximate surface area is 153 Å². The fourth-order valence-corrected chi connectivity index (χ4v) is 9.00. The van der Waals surface area contributed by atoms with Crippen molar-refractivity contribution in [3.05, 3.63) is 90.8 Å². The second-order valence-corrected chi connectivity index (χ2v) is 12.7. The molecule has 0 amide bonds. The molecule has 128 valence electrons. The summed E-state index contributed by atoms with van der Waals surface area (Å²) in [5, 5.41) is 3.19. The molecule has 0 spiro atoms. The largest absolute Gasteiger partial charge is 0.208 e. The van der Waals surface area contributed by atoms with Crippen molar-refractivity contribution in [1.82, 2.24) is 0 Å². The minimum absolute atomic E-state index is 0.188. The van der Waals surface area contributed by atoms with Gasteiger partial charge in [-0.15, -0.1) is 0 Å². The van der Waals surface area contributed by atoms with Crippen LogP contribution in [0.3, 0.4) is 0 Å². The van der Waals surface area contributed by atoms with E-state index in [2.05, 4.69) is 117 Å². The Kier molecular flexibility index (Phi) is 4.91. The first-order valence-electron chi connectivity index (χ1n) is 9.00. The number of benzene rings is 2. The van der Waals surface area contributed by atoms with Gasteiger partial charge in [-0.05, 0) is 27.9 Å². The zero-order chi connectivity index (χ0) is 17.9. The molecule has 3 rings (SSSR count). The van der Waals surface area contributed by atoms with Crippen molar-refractivity contribution in [2.45, 2.75) is 38.9 Å². The summed E-state index contributed by atoms with van der Waals surface area (Å²) < 4.78 is 2.38. The van der Waals surface area contributed by atoms with Gasteiger partial charge in [-0.3, -0.25) is 0 Å². The molecule has 0 bridgehead atoms. The van der Waals surface area contributed by atoms with Crippen molar-refractivity contribution in [2.24, 2.45) is 0 Å². The molecule has 0 radical (unpaired) electrons. The molecule has 0 aliphatic heterocycles. The maximum atomic E-state index is 2.41. The van der Waals surface area contributed by atoms with E-state index in [1.54, 1.807) is 0 Å². The van der Waals surface area contributed by atoms with Crippen molar-refractivity contribution in [3.63, 3.8) is 0 Å². The van der Waals surface area contributed by atoms with Crippen LogP contribution < -0.4 is 14.9 Å². The fourth-order valence-electron chi connectivity index (χ4n) is 3.81. The predicted molar refractivity (Wildman–Crippen MR) is 109 cm³/mol. The van der Waals surface area contributed by atoms with Crippen LogP contribution in [-0.4, -0.2) is 8.07 Å². The molecule has 0 atom stereocenters. The summed E-state index contributed by atoms with van der Waals surface area (Å²) in [7, 11) is -2.04. The molecule has 0 N–H and O–H groups in total. The number of hydrogen-bond donors (Lipinski definition) is 0. The summed E-state index contributed by atoms with van der Waals surface area (Å²) in [5.74, 6) is 0. The highest BCUT2D eigenvalue weighted by Crippen LogP contribution is 2.36. The van der Waals surface area contributed by atoms with Crippen LogP contribution in [0.25, 0.3) is 0 Å². The van der Waals surface area contributed by atoms with Crippen LogP contribution in [-0.2, 0) is 6.17 Å². The van der Waals surface area contributed by atoms with Crippen LogP contribution in [0.4, 0.5) is 0 Å². The lowest BCUT2D eigenvalue weighted by Crippen LogP contribution is -2.71. The van der Waals surface area contributed by atoms with Crippen molar-refractivity contribution in [3.8, 4) is 0 Å². The first-order chi connectivity index (χ1) is 11.9. The summed E-state index contributed by atoms with van der Waals surface area (Å²) >= 11 is 0. The van der Waals surface area contributed by atoms with Gasteiger partial charge in [0, 0.05) is 12.1 Å². The van der Waals surface area contributed by atoms with E-state index in [1.165, 1.54) is 15.9 Å². The molecule has 0 fully saturated rings. The Morgan fingerprint density at radius 1 is 0.720 bits per heavy atom. The van der Waals surface area contributed by atoms with Gasteiger partial charge in [0.05, 0.1) is 0 Å². The third-order valence-electron chi connectivity index (χ3n) is 5.29. The number of aryl methyl sites for hydroxylation is 1. The average Bonchev–Trinajstić information content (AvgIpc) is 2.62. The maximum absolute atomic E-state index is 2.41. The Hall–Kier alpha value is -2.19. The van der Waals surface area contributed by atoms with Gasteiger partial charge in [0.15, 0.2) is 20.5 Å². The zero-order valence-corrected chi connectivity index (χ0v) is 16.7. The first-order valence-corrected chi connectivity index (χ1v) is 11.2. The van der Waals surface area contributed by atoms with Crippen LogP contribution >= 0.6 is 0 Å². The third-order valence-corrected chi connectivity index (χ3v) is 11.3. The lowest BCUT2D eigenvalue weighted by atomic mass is 10.2. The van der Waals surface area contributed by atoms with Gasteiger partial charge in [-0.1, -0.05) is 81.4 Å². The Balaban J connectivity index is 2.23. The lowest BCUT2D eigenvalue weighted by molar-refractivity contribution is -0.680. The average molecular weight is 347 g/mol. The number of hydrogen-bond acceptors (Lipinski definition) is 0. The van der Waals surface area contributed by atoms with Crippen molar-refractivity contribution in [2.75, 3.05) is 0 Å². The third kappa shape index (κ3) is 3.45. The second kappa shape index (κ2) is 6.97. The van der Waals surface area contributed by atoms with Gasteiger partial charge in [-0.25, -0.2) is 4.57 Å². The molecule has 1 nitrogen and oxygen atoms in total. The van der Waals surface area contributed by atoms with Gasteiger partial charge in [0.25, 0.3) is 0 Å². The van der Waals surface area contributed by atoms with Crippen molar-refractivity contribution < 1.29 is 4.57 Å². The SMILES string of the molecule is Cc1cc[n+](C[Si](c2ccccc2)(c2ccccc2)C(C)(C)C)cc1. The normalized spacial score (nSPS) is 12.2. The van der Waals surface area contributed by atoms with Crippen LogP contribution in [0.1, 0.15) is 26.3 Å². The van der Waals surface area contributed by atoms with Crippen molar-refractivity contribution in [1.29, 1.82) is 0 Å². The lowest BCUT2D eigenvalue weighted by Gasteiger charge is -2.41. The van der Waals surface area contributed by atoms with Crippen LogP contribution in [0, 0.1) is 6.92 Å². The van der Waals surface area contributed by atoms with Crippen LogP contribution in [0.5, 0.6) is 0 Å². The van der Waals surface area contributed by atoms with E-state index in [0.29, 0.717) is 0 Å². The number of nitrogens with zero attached hydrogens (tertiary/aromatic N) is 1. The molecule has 2 aromatic carbocycles. The zero-order valence-electron chi connectivity index (χ0n) is 15.7. The van der Waals surface area contributed by atoms with Gasteiger partial charge in [-0.2, -0.15) is 0 Å². The molecule has 3 aromatic rings. The van der Waals surface area contributed by atoms with E-state index in [0.717, 1.165) is 6.17 Å². The molecular weight excluding hydrogens is 318 g/mol. The van der Waals surface area contributed by atoms with Gasteiger partial charge in [0.2, 0.25) is 0 Å². The van der Waals surface area contributed by atoms with Gasteiger partial charge < -0.3 is 0 Å². The summed E-state index contributed by atoms with van der Waals surface area (Å²) in [5.41, 5.74) is 1.30. The quantitative estimate of drug-likeness (QED) is 0.498. The van der Waals surface area contributed by atoms with E-state index in [-0.39, 0.29) is 5.04 Å². The Bertz CT molecular complexity index is 763. The highest BCUT2D eigenvalue weighted by atomic mass is 28.3. The van der Waals surface area contributed by atoms with Gasteiger partial charge in [0.1, 0.15) is 6.17 Å². The summed E-state index contributed by atoms with van der Waals surface area (Å²) in [6, 6.07) is 26.7. The van der Waals surface area contributed by atoms with Crippen LogP contribution in [0.15, 0.2) is 85.2 Å². The molecule has 0 unspecified atom stereocenters. The molecule has 0 aliphatic carbocycles. The minimum atomic E-state index is -2.04. The first kappa shape index (κ1) is 17.6. The van der Waals surface area contributed by atoms with E-state index in [9.17, 15) is 0 Å². The molecular formula is C23H28NSi+. The fraction of sp³-hybridized carbons (Fsp3) is 0.261. The molecule has 0 aliphatic rings. The summed E-state index contributed by atoms with van der Waals surface area (Å²) in [6.07, 6.45) is 5.51. The molecule has 25 heavy (non-hydrogen) atoms. The maximum Gasteiger partial charge on any atom is 0.199 e. The smallest absolute Gasteiger partial charge is 0.199 e. The number of rotatable bonds is 4. The predicted octanol–water partition coefficient (Wildman–Crippen LogP) is 3.89. The highest BCUT2D eigenvalue weighted by Gasteiger charge is 2.51. The van der Waals surface area contributed by atoms with Crippen molar-refractivity contribution >= 4 is 18.4 Å². The summed E-state index contributed by atoms with van der Waals surface area (Å²) in [4.78, 5) is 0. The molecule has 0 saturated heterocycles. The van der Waals surface area contributed by atoms with E-state index in [4.69, 9.17) is 0 Å². The molecule has 1 heterocycles. The number of aromatic nitrogens is 1. The standard InChI is InChI=1S/C23H28NSi/c1-20-15-17-24(18-16-20)19-25(23(2,3)4,21-11-7-5-8-12-21)22-13-9-6-10-14-22/h5-18H,19H2,1-4H3/q+1. The molecule has 0 saturated carbocycles. The molecule has 1 aromatic heterocycles. The Morgan fingerprint density at radius 2 is 1.16 bits per heavy atom.